The number of hydrazine groups is 1. The Morgan fingerprint density at radius 3 is 1.74 bits per heavy atom. The van der Waals surface area contributed by atoms with E-state index in [4.69, 9.17) is 15.4 Å². The van der Waals surface area contributed by atoms with Gasteiger partial charge in [0.1, 0.15) is 11.6 Å². The summed E-state index contributed by atoms with van der Waals surface area (Å²) >= 11 is 0. The second kappa shape index (κ2) is 11.7. The number of aromatic nitrogens is 4. The van der Waals surface area contributed by atoms with Crippen LogP contribution >= 0.6 is 0 Å². The first-order chi connectivity index (χ1) is 8.56. The molecule has 0 amide bonds. The minimum atomic E-state index is -0.931. The summed E-state index contributed by atoms with van der Waals surface area (Å²) in [5.74, 6) is 1.94. The van der Waals surface area contributed by atoms with Crippen molar-refractivity contribution in [1.29, 1.82) is 5.26 Å². The Balaban J connectivity index is 0. The van der Waals surface area contributed by atoms with E-state index in [1.165, 1.54) is 5.43 Å². The molecular formula is C9H16BN7O2. The van der Waals surface area contributed by atoms with Crippen molar-refractivity contribution in [3.63, 3.8) is 0 Å². The smallest absolute Gasteiger partial charge is 0.241 e. The fraction of sp³-hybridized carbons (Fsp3) is 0.222. The van der Waals surface area contributed by atoms with Gasteiger partial charge in [0.2, 0.25) is 6.19 Å². The van der Waals surface area contributed by atoms with Crippen LogP contribution < -0.4 is 5.43 Å². The maximum Gasteiger partial charge on any atom is 0.241 e. The molecule has 2 aromatic heterocycles. The second-order valence-electron chi connectivity index (χ2n) is 2.83. The predicted molar refractivity (Wildman–Crippen MR) is 72.3 cm³/mol. The molecule has 0 spiro atoms. The van der Waals surface area contributed by atoms with Gasteiger partial charge >= 0.3 is 0 Å². The van der Waals surface area contributed by atoms with Gasteiger partial charge in [-0.2, -0.15) is 5.26 Å². The summed E-state index contributed by atoms with van der Waals surface area (Å²) in [6.45, 7) is 3.83. The van der Waals surface area contributed by atoms with Crippen LogP contribution in [-0.4, -0.2) is 33.4 Å². The first-order valence-corrected chi connectivity index (χ1v) is 4.77. The standard InChI is InChI=1S/2C4H6N2.CHN3O2.BH3/c2*1-4-5-2-3-6-4;2-1-3-4(5)6;/h2*2-3H,1H3,(H,5,6);3H;1H3. The van der Waals surface area contributed by atoms with Gasteiger partial charge in [0, 0.05) is 24.8 Å². The summed E-state index contributed by atoms with van der Waals surface area (Å²) in [4.78, 5) is 22.6. The Morgan fingerprint density at radius 1 is 1.26 bits per heavy atom. The molecule has 102 valence electrons. The lowest BCUT2D eigenvalue weighted by Gasteiger charge is -1.73. The highest BCUT2D eigenvalue weighted by Gasteiger charge is 1.80. The molecule has 0 aromatic carbocycles. The van der Waals surface area contributed by atoms with Gasteiger partial charge in [-0.25, -0.2) is 20.1 Å². The number of nitro groups is 1. The van der Waals surface area contributed by atoms with E-state index in [1.54, 1.807) is 24.8 Å². The van der Waals surface area contributed by atoms with E-state index >= 15 is 0 Å². The topological polar surface area (TPSA) is 136 Å². The number of rotatable bonds is 1. The third-order valence-corrected chi connectivity index (χ3v) is 1.41. The van der Waals surface area contributed by atoms with Crippen LogP contribution in [0.1, 0.15) is 11.6 Å². The number of hydrogen-bond donors (Lipinski definition) is 3. The minimum Gasteiger partial charge on any atom is -0.349 e. The molecule has 0 aliphatic rings. The number of hydrogen-bond acceptors (Lipinski definition) is 5. The van der Waals surface area contributed by atoms with E-state index in [1.807, 2.05) is 13.8 Å². The van der Waals surface area contributed by atoms with Crippen LogP contribution in [0.4, 0.5) is 0 Å². The lowest BCUT2D eigenvalue weighted by molar-refractivity contribution is -0.529. The quantitative estimate of drug-likeness (QED) is 0.209. The van der Waals surface area contributed by atoms with E-state index < -0.39 is 5.03 Å². The maximum atomic E-state index is 9.07. The molecule has 0 aliphatic heterocycles. The molecule has 0 atom stereocenters. The average Bonchev–Trinajstić information content (AvgIpc) is 2.93. The molecule has 2 aromatic rings. The number of H-pyrrole nitrogens is 2. The van der Waals surface area contributed by atoms with Crippen LogP contribution in [-0.2, 0) is 0 Å². The Bertz CT molecular complexity index is 431. The normalized spacial score (nSPS) is 7.42. The molecule has 0 aliphatic carbocycles. The van der Waals surface area contributed by atoms with Crippen LogP contribution in [0.5, 0.6) is 0 Å². The minimum absolute atomic E-state index is 0. The van der Waals surface area contributed by atoms with Crippen molar-refractivity contribution < 1.29 is 5.03 Å². The van der Waals surface area contributed by atoms with Gasteiger partial charge in [-0.05, 0) is 19.3 Å². The van der Waals surface area contributed by atoms with E-state index in [0.29, 0.717) is 0 Å². The molecule has 0 saturated heterocycles. The monoisotopic (exact) mass is 265 g/mol. The van der Waals surface area contributed by atoms with Crippen molar-refractivity contribution in [2.45, 2.75) is 13.8 Å². The van der Waals surface area contributed by atoms with E-state index in [9.17, 15) is 0 Å². The summed E-state index contributed by atoms with van der Waals surface area (Å²) in [5.41, 5.74) is 1.24. The number of nitrogens with zero attached hydrogens (tertiary/aromatic N) is 4. The van der Waals surface area contributed by atoms with Crippen LogP contribution in [0, 0.1) is 35.4 Å². The molecule has 0 saturated carbocycles. The summed E-state index contributed by atoms with van der Waals surface area (Å²) < 4.78 is 0. The average molecular weight is 265 g/mol. The molecule has 2 rings (SSSR count). The first kappa shape index (κ1) is 18.5. The SMILES string of the molecule is B.Cc1ncc[nH]1.Cc1ncc[nH]1.N#CN[N+](=O)[O-]. The van der Waals surface area contributed by atoms with Crippen molar-refractivity contribution in [1.82, 2.24) is 25.4 Å². The van der Waals surface area contributed by atoms with Gasteiger partial charge in [-0.15, -0.1) is 0 Å². The van der Waals surface area contributed by atoms with Gasteiger partial charge in [0.05, 0.1) is 8.41 Å². The highest BCUT2D eigenvalue weighted by molar-refractivity contribution is 5.75. The highest BCUT2D eigenvalue weighted by Crippen LogP contribution is 1.79. The Morgan fingerprint density at radius 2 is 1.68 bits per heavy atom. The van der Waals surface area contributed by atoms with Crippen molar-refractivity contribution in [2.24, 2.45) is 0 Å². The zero-order chi connectivity index (χ0) is 13.8. The third-order valence-electron chi connectivity index (χ3n) is 1.41. The van der Waals surface area contributed by atoms with Crippen molar-refractivity contribution in [3.05, 3.63) is 46.6 Å². The van der Waals surface area contributed by atoms with Gasteiger partial charge in [0.25, 0.3) is 0 Å². The largest absolute Gasteiger partial charge is 0.349 e. The number of nitrogens with one attached hydrogen (secondary N) is 3. The molecule has 0 bridgehead atoms. The zero-order valence-electron chi connectivity index (χ0n) is 9.91. The lowest BCUT2D eigenvalue weighted by atomic mass is 10.8. The lowest BCUT2D eigenvalue weighted by Crippen LogP contribution is -2.13. The first-order valence-electron chi connectivity index (χ1n) is 4.77. The van der Waals surface area contributed by atoms with Gasteiger partial charge in [-0.1, -0.05) is 0 Å². The highest BCUT2D eigenvalue weighted by atomic mass is 16.7. The molecule has 2 heterocycles. The fourth-order valence-electron chi connectivity index (χ4n) is 0.729. The van der Waals surface area contributed by atoms with Crippen LogP contribution in [0.25, 0.3) is 0 Å². The van der Waals surface area contributed by atoms with Crippen molar-refractivity contribution in [2.75, 3.05) is 0 Å². The van der Waals surface area contributed by atoms with Crippen LogP contribution in [0.3, 0.4) is 0 Å². The van der Waals surface area contributed by atoms with Crippen molar-refractivity contribution >= 4 is 8.41 Å². The molecule has 10 heteroatoms. The second-order valence-corrected chi connectivity index (χ2v) is 2.83. The fourth-order valence-corrected chi connectivity index (χ4v) is 0.729. The van der Waals surface area contributed by atoms with Crippen molar-refractivity contribution in [3.8, 4) is 6.19 Å². The predicted octanol–water partition coefficient (Wildman–Crippen LogP) is -0.499. The Hall–Kier alpha value is -2.83. The van der Waals surface area contributed by atoms with Gasteiger partial charge in [0.15, 0.2) is 5.03 Å². The van der Waals surface area contributed by atoms with E-state index in [2.05, 4.69) is 19.9 Å². The third kappa shape index (κ3) is 13.1. The molecule has 3 N–H and O–H groups in total. The molecule has 0 radical (unpaired) electrons. The molecular weight excluding hydrogens is 249 g/mol. The number of nitriles is 1. The Labute approximate surface area is 111 Å². The van der Waals surface area contributed by atoms with Gasteiger partial charge in [-0.3, -0.25) is 0 Å². The van der Waals surface area contributed by atoms with Gasteiger partial charge < -0.3 is 9.97 Å². The number of aryl methyl sites for hydroxylation is 2. The summed E-state index contributed by atoms with van der Waals surface area (Å²) in [6, 6.07) is 0. The molecule has 19 heavy (non-hydrogen) atoms. The van der Waals surface area contributed by atoms with E-state index in [0.717, 1.165) is 17.8 Å². The summed E-state index contributed by atoms with van der Waals surface area (Å²) in [7, 11) is 0. The maximum absolute atomic E-state index is 9.07. The Kier molecular flexibility index (Phi) is 11.4. The molecule has 0 unspecified atom stereocenters. The number of imidazole rings is 2. The zero-order valence-corrected chi connectivity index (χ0v) is 9.91. The molecule has 0 fully saturated rings. The summed E-state index contributed by atoms with van der Waals surface area (Å²) in [6.07, 6.45) is 8.18. The molecule has 9 nitrogen and oxygen atoms in total. The van der Waals surface area contributed by atoms with Crippen LogP contribution in [0.15, 0.2) is 24.8 Å². The number of aromatic amines is 2. The van der Waals surface area contributed by atoms with Crippen LogP contribution in [0.2, 0.25) is 0 Å². The van der Waals surface area contributed by atoms with E-state index in [-0.39, 0.29) is 8.41 Å². The summed E-state index contributed by atoms with van der Waals surface area (Å²) in [5, 5.41) is 15.6.